The van der Waals surface area contributed by atoms with Crippen LogP contribution in [0.4, 0.5) is 0 Å². The maximum Gasteiger partial charge on any atom is 0.116 e. The number of nitrogens with zero attached hydrogens (tertiary/aromatic N) is 2. The van der Waals surface area contributed by atoms with E-state index in [1.165, 1.54) is 0 Å². The molecule has 0 aliphatic carbocycles. The summed E-state index contributed by atoms with van der Waals surface area (Å²) in [6, 6.07) is 5.94. The van der Waals surface area contributed by atoms with Crippen molar-refractivity contribution in [2.24, 2.45) is 0 Å². The zero-order valence-corrected chi connectivity index (χ0v) is 10.6. The van der Waals surface area contributed by atoms with Gasteiger partial charge < -0.3 is 9.67 Å². The predicted octanol–water partition coefficient (Wildman–Crippen LogP) is 3.42. The molecule has 88 valence electrons. The summed E-state index contributed by atoms with van der Waals surface area (Å²) in [5, 5.41) is 19.7. The zero-order valence-electron chi connectivity index (χ0n) is 10.6. The first kappa shape index (κ1) is 11.5. The van der Waals surface area contributed by atoms with Crippen LogP contribution in [0.3, 0.4) is 0 Å². The lowest BCUT2D eigenvalue weighted by Gasteiger charge is -2.13. The quantitative estimate of drug-likeness (QED) is 0.813. The zero-order chi connectivity index (χ0) is 12.7. The molecule has 0 aliphatic heterocycles. The molecule has 1 aromatic heterocycles. The first-order valence-electron chi connectivity index (χ1n) is 5.71. The van der Waals surface area contributed by atoms with E-state index in [0.29, 0.717) is 11.6 Å². The molecular formula is C14H16N2O. The molecule has 1 N–H and O–H groups in total. The SMILES string of the molecule is Cc1cc(O)cc2c(C#N)c(C)n(C(C)C)c12. The predicted molar refractivity (Wildman–Crippen MR) is 68.2 cm³/mol. The first-order chi connectivity index (χ1) is 7.97. The highest BCUT2D eigenvalue weighted by Gasteiger charge is 2.17. The maximum atomic E-state index is 9.65. The Hall–Kier alpha value is -1.95. The van der Waals surface area contributed by atoms with Crippen molar-refractivity contribution in [3.05, 3.63) is 29.0 Å². The Morgan fingerprint density at radius 3 is 2.47 bits per heavy atom. The van der Waals surface area contributed by atoms with Crippen LogP contribution in [0.1, 0.15) is 36.7 Å². The highest BCUT2D eigenvalue weighted by Crippen LogP contribution is 2.33. The molecule has 0 saturated carbocycles. The maximum absolute atomic E-state index is 9.65. The van der Waals surface area contributed by atoms with Crippen molar-refractivity contribution in [2.75, 3.05) is 0 Å². The summed E-state index contributed by atoms with van der Waals surface area (Å²) < 4.78 is 2.16. The van der Waals surface area contributed by atoms with E-state index < -0.39 is 0 Å². The molecule has 0 radical (unpaired) electrons. The number of rotatable bonds is 1. The lowest BCUT2D eigenvalue weighted by atomic mass is 10.1. The van der Waals surface area contributed by atoms with Crippen LogP contribution in [-0.2, 0) is 0 Å². The lowest BCUT2D eigenvalue weighted by Crippen LogP contribution is -2.03. The van der Waals surface area contributed by atoms with Crippen molar-refractivity contribution in [1.29, 1.82) is 5.26 Å². The third-order valence-corrected chi connectivity index (χ3v) is 3.15. The molecule has 0 saturated heterocycles. The number of benzene rings is 1. The number of phenolic OH excluding ortho intramolecular Hbond substituents is 1. The monoisotopic (exact) mass is 228 g/mol. The lowest BCUT2D eigenvalue weighted by molar-refractivity contribution is 0.475. The van der Waals surface area contributed by atoms with Gasteiger partial charge in [-0.3, -0.25) is 0 Å². The average molecular weight is 228 g/mol. The molecule has 0 bridgehead atoms. The minimum Gasteiger partial charge on any atom is -0.508 e. The Morgan fingerprint density at radius 1 is 1.29 bits per heavy atom. The number of aromatic nitrogens is 1. The van der Waals surface area contributed by atoms with Gasteiger partial charge in [0.2, 0.25) is 0 Å². The van der Waals surface area contributed by atoms with Crippen molar-refractivity contribution in [3.63, 3.8) is 0 Å². The van der Waals surface area contributed by atoms with Crippen molar-refractivity contribution < 1.29 is 5.11 Å². The highest BCUT2D eigenvalue weighted by molar-refractivity contribution is 5.91. The standard InChI is InChI=1S/C14H16N2O/c1-8(2)16-10(4)13(7-15)12-6-11(17)5-9(3)14(12)16/h5-6,8,17H,1-4H3. The summed E-state index contributed by atoms with van der Waals surface area (Å²) in [5.74, 6) is 0.215. The Kier molecular flexibility index (Phi) is 2.59. The molecule has 2 rings (SSSR count). The summed E-state index contributed by atoms with van der Waals surface area (Å²) >= 11 is 0. The number of hydrogen-bond acceptors (Lipinski definition) is 2. The van der Waals surface area contributed by atoms with E-state index in [1.54, 1.807) is 12.1 Å². The van der Waals surface area contributed by atoms with Crippen LogP contribution in [-0.4, -0.2) is 9.67 Å². The van der Waals surface area contributed by atoms with Gasteiger partial charge in [0, 0.05) is 17.1 Å². The van der Waals surface area contributed by atoms with Gasteiger partial charge >= 0.3 is 0 Å². The summed E-state index contributed by atoms with van der Waals surface area (Å²) in [7, 11) is 0. The van der Waals surface area contributed by atoms with E-state index in [4.69, 9.17) is 0 Å². The molecular weight excluding hydrogens is 212 g/mol. The van der Waals surface area contributed by atoms with Crippen LogP contribution in [0.2, 0.25) is 0 Å². The minimum atomic E-state index is 0.215. The number of phenols is 1. The fourth-order valence-corrected chi connectivity index (χ4v) is 2.54. The van der Waals surface area contributed by atoms with E-state index in [0.717, 1.165) is 22.2 Å². The number of nitriles is 1. The van der Waals surface area contributed by atoms with Gasteiger partial charge in [-0.05, 0) is 45.4 Å². The van der Waals surface area contributed by atoms with Gasteiger partial charge in [0.25, 0.3) is 0 Å². The second-order valence-corrected chi connectivity index (χ2v) is 4.69. The second-order valence-electron chi connectivity index (χ2n) is 4.69. The average Bonchev–Trinajstić information content (AvgIpc) is 2.50. The topological polar surface area (TPSA) is 48.9 Å². The van der Waals surface area contributed by atoms with E-state index >= 15 is 0 Å². The fourth-order valence-electron chi connectivity index (χ4n) is 2.54. The van der Waals surface area contributed by atoms with E-state index in [1.807, 2.05) is 13.8 Å². The van der Waals surface area contributed by atoms with Gasteiger partial charge in [-0.25, -0.2) is 0 Å². The van der Waals surface area contributed by atoms with E-state index in [-0.39, 0.29) is 5.75 Å². The molecule has 0 atom stereocenters. The third kappa shape index (κ3) is 1.57. The summed E-state index contributed by atoms with van der Waals surface area (Å²) in [5.41, 5.74) is 3.67. The van der Waals surface area contributed by atoms with Crippen LogP contribution in [0.25, 0.3) is 10.9 Å². The number of fused-ring (bicyclic) bond motifs is 1. The molecule has 0 aliphatic rings. The normalized spacial score (nSPS) is 11.1. The van der Waals surface area contributed by atoms with Gasteiger partial charge in [-0.1, -0.05) is 0 Å². The first-order valence-corrected chi connectivity index (χ1v) is 5.71. The molecule has 3 heteroatoms. The van der Waals surface area contributed by atoms with Crippen molar-refractivity contribution >= 4 is 10.9 Å². The van der Waals surface area contributed by atoms with E-state index in [2.05, 4.69) is 24.5 Å². The Balaban J connectivity index is 3.02. The van der Waals surface area contributed by atoms with Crippen molar-refractivity contribution in [3.8, 4) is 11.8 Å². The molecule has 0 fully saturated rings. The van der Waals surface area contributed by atoms with Gasteiger partial charge in [0.15, 0.2) is 0 Å². The number of hydrogen-bond donors (Lipinski definition) is 1. The van der Waals surface area contributed by atoms with Gasteiger partial charge in [-0.15, -0.1) is 0 Å². The van der Waals surface area contributed by atoms with Crippen LogP contribution >= 0.6 is 0 Å². The Bertz CT molecular complexity index is 630. The summed E-state index contributed by atoms with van der Waals surface area (Å²) in [4.78, 5) is 0. The van der Waals surface area contributed by atoms with Crippen molar-refractivity contribution in [2.45, 2.75) is 33.7 Å². The molecule has 0 unspecified atom stereocenters. The molecule has 0 spiro atoms. The van der Waals surface area contributed by atoms with Gasteiger partial charge in [0.05, 0.1) is 11.1 Å². The fraction of sp³-hybridized carbons (Fsp3) is 0.357. The number of aromatic hydroxyl groups is 1. The van der Waals surface area contributed by atoms with Crippen LogP contribution in [0.5, 0.6) is 5.75 Å². The van der Waals surface area contributed by atoms with Gasteiger partial charge in [-0.2, -0.15) is 5.26 Å². The molecule has 0 amide bonds. The minimum absolute atomic E-state index is 0.215. The summed E-state index contributed by atoms with van der Waals surface area (Å²) in [6.45, 7) is 8.11. The molecule has 3 nitrogen and oxygen atoms in total. The highest BCUT2D eigenvalue weighted by atomic mass is 16.3. The Morgan fingerprint density at radius 2 is 1.94 bits per heavy atom. The third-order valence-electron chi connectivity index (χ3n) is 3.15. The molecule has 2 aromatic rings. The summed E-state index contributed by atoms with van der Waals surface area (Å²) in [6.07, 6.45) is 0. The second kappa shape index (κ2) is 3.81. The largest absolute Gasteiger partial charge is 0.508 e. The van der Waals surface area contributed by atoms with Crippen LogP contribution in [0.15, 0.2) is 12.1 Å². The molecule has 17 heavy (non-hydrogen) atoms. The van der Waals surface area contributed by atoms with E-state index in [9.17, 15) is 10.4 Å². The van der Waals surface area contributed by atoms with Crippen LogP contribution in [0, 0.1) is 25.2 Å². The van der Waals surface area contributed by atoms with Crippen LogP contribution < -0.4 is 0 Å². The molecule has 1 heterocycles. The molecule has 1 aromatic carbocycles. The Labute approximate surface area is 101 Å². The van der Waals surface area contributed by atoms with Crippen molar-refractivity contribution in [1.82, 2.24) is 4.57 Å². The smallest absolute Gasteiger partial charge is 0.116 e. The van der Waals surface area contributed by atoms with Gasteiger partial charge in [0.1, 0.15) is 11.8 Å². The number of aryl methyl sites for hydroxylation is 1.